The number of aromatic hydroxyl groups is 1. The number of likely N-dealkylation sites (N-methyl/N-ethyl adjacent to an activating group) is 1. The molecule has 2 aliphatic heterocycles. The van der Waals surface area contributed by atoms with E-state index in [2.05, 4.69) is 26.0 Å². The Morgan fingerprint density at radius 1 is 1.18 bits per heavy atom. The number of fused-ring (bicyclic) bond motifs is 3. The van der Waals surface area contributed by atoms with Crippen LogP contribution in [0.3, 0.4) is 0 Å². The molecule has 234 valence electrons. The molecular formula is C35H36F3N5O2. The van der Waals surface area contributed by atoms with Crippen LogP contribution in [-0.2, 0) is 0 Å². The fourth-order valence-electron chi connectivity index (χ4n) is 7.21. The van der Waals surface area contributed by atoms with Crippen LogP contribution in [0.15, 0.2) is 36.4 Å². The fraction of sp³-hybridized carbons (Fsp3) is 0.429. The Morgan fingerprint density at radius 3 is 2.80 bits per heavy atom. The minimum atomic E-state index is -0.910. The van der Waals surface area contributed by atoms with Gasteiger partial charge in [0.1, 0.15) is 35.7 Å². The monoisotopic (exact) mass is 615 g/mol. The number of aromatic nitrogens is 2. The molecule has 10 heteroatoms. The van der Waals surface area contributed by atoms with Crippen molar-refractivity contribution in [3.05, 3.63) is 53.6 Å². The first-order chi connectivity index (χ1) is 21.8. The van der Waals surface area contributed by atoms with Crippen LogP contribution in [0.25, 0.3) is 32.8 Å². The van der Waals surface area contributed by atoms with Gasteiger partial charge in [0.25, 0.3) is 0 Å². The maximum Gasteiger partial charge on any atom is 0.319 e. The van der Waals surface area contributed by atoms with Crippen molar-refractivity contribution in [3.63, 3.8) is 0 Å². The second-order valence-electron chi connectivity index (χ2n) is 12.7. The summed E-state index contributed by atoms with van der Waals surface area (Å²) in [6.45, 7) is 3.53. The molecule has 3 fully saturated rings. The number of halogens is 3. The molecule has 3 heterocycles. The van der Waals surface area contributed by atoms with Crippen molar-refractivity contribution < 1.29 is 23.0 Å². The Labute approximate surface area is 260 Å². The third-order valence-corrected chi connectivity index (χ3v) is 9.59. The van der Waals surface area contributed by atoms with E-state index in [4.69, 9.17) is 16.1 Å². The quantitative estimate of drug-likeness (QED) is 0.218. The lowest BCUT2D eigenvalue weighted by Crippen LogP contribution is -2.43. The van der Waals surface area contributed by atoms with Crippen molar-refractivity contribution in [2.45, 2.75) is 43.8 Å². The van der Waals surface area contributed by atoms with E-state index in [1.807, 2.05) is 7.05 Å². The lowest BCUT2D eigenvalue weighted by molar-refractivity contribution is 0.107. The van der Waals surface area contributed by atoms with Crippen molar-refractivity contribution in [2.75, 3.05) is 51.3 Å². The smallest absolute Gasteiger partial charge is 0.319 e. The van der Waals surface area contributed by atoms with Gasteiger partial charge in [-0.25, -0.2) is 13.2 Å². The summed E-state index contributed by atoms with van der Waals surface area (Å²) in [6, 6.07) is 9.00. The average molecular weight is 616 g/mol. The molecule has 1 saturated carbocycles. The predicted octanol–water partition coefficient (Wildman–Crippen LogP) is 5.81. The van der Waals surface area contributed by atoms with Crippen LogP contribution in [-0.4, -0.2) is 78.1 Å². The first-order valence-corrected chi connectivity index (χ1v) is 15.6. The summed E-state index contributed by atoms with van der Waals surface area (Å²) in [5, 5.41) is 15.1. The van der Waals surface area contributed by atoms with Gasteiger partial charge in [0.2, 0.25) is 0 Å². The van der Waals surface area contributed by atoms with Crippen molar-refractivity contribution in [1.29, 1.82) is 0 Å². The summed E-state index contributed by atoms with van der Waals surface area (Å²) in [4.78, 5) is 13.7. The number of phenols is 1. The van der Waals surface area contributed by atoms with Crippen LogP contribution in [0.2, 0.25) is 0 Å². The zero-order valence-corrected chi connectivity index (χ0v) is 25.3. The lowest BCUT2D eigenvalue weighted by Gasteiger charge is -2.31. The minimum absolute atomic E-state index is 0.0137. The van der Waals surface area contributed by atoms with Gasteiger partial charge in [0.05, 0.1) is 11.1 Å². The molecule has 1 aliphatic carbocycles. The lowest BCUT2D eigenvalue weighted by atomic mass is 9.93. The second-order valence-corrected chi connectivity index (χ2v) is 12.7. The van der Waals surface area contributed by atoms with Crippen molar-refractivity contribution in [3.8, 4) is 35.2 Å². The predicted molar refractivity (Wildman–Crippen MR) is 169 cm³/mol. The Bertz CT molecular complexity index is 1820. The summed E-state index contributed by atoms with van der Waals surface area (Å²) >= 11 is 0. The molecule has 2 atom stereocenters. The third-order valence-electron chi connectivity index (χ3n) is 9.59. The van der Waals surface area contributed by atoms with Crippen LogP contribution in [0.5, 0.6) is 11.8 Å². The molecular weight excluding hydrogens is 579 g/mol. The Kier molecular flexibility index (Phi) is 7.70. The van der Waals surface area contributed by atoms with Crippen LogP contribution in [0.4, 0.5) is 19.0 Å². The zero-order chi connectivity index (χ0) is 31.3. The number of ether oxygens (including phenoxy) is 1. The summed E-state index contributed by atoms with van der Waals surface area (Å²) in [7, 11) is 1.88. The van der Waals surface area contributed by atoms with Crippen LogP contribution in [0, 0.1) is 29.9 Å². The van der Waals surface area contributed by atoms with Crippen molar-refractivity contribution in [2.24, 2.45) is 5.92 Å². The number of hydrogen-bond donors (Lipinski definition) is 2. The number of terminal acetylenes is 1. The molecule has 7 nitrogen and oxygen atoms in total. The second kappa shape index (κ2) is 11.7. The largest absolute Gasteiger partial charge is 0.508 e. The van der Waals surface area contributed by atoms with Crippen LogP contribution in [0.1, 0.15) is 37.7 Å². The van der Waals surface area contributed by atoms with E-state index in [-0.39, 0.29) is 40.6 Å². The number of anilines is 1. The number of phenolic OH excluding ortho intramolecular Hbond substituents is 1. The molecule has 0 bridgehead atoms. The maximum absolute atomic E-state index is 16.8. The summed E-state index contributed by atoms with van der Waals surface area (Å²) in [6.07, 6.45) is 9.22. The van der Waals surface area contributed by atoms with Crippen molar-refractivity contribution >= 4 is 27.5 Å². The highest BCUT2D eigenvalue weighted by Gasteiger charge is 2.49. The molecule has 2 N–H and O–H groups in total. The number of alkyl halides is 1. The van der Waals surface area contributed by atoms with Gasteiger partial charge in [-0.05, 0) is 80.4 Å². The Hall–Kier alpha value is -4.07. The number of rotatable bonds is 10. The Morgan fingerprint density at radius 2 is 2.02 bits per heavy atom. The topological polar surface area (TPSA) is 73.8 Å². The molecule has 0 radical (unpaired) electrons. The van der Waals surface area contributed by atoms with E-state index in [0.717, 1.165) is 38.8 Å². The van der Waals surface area contributed by atoms with Gasteiger partial charge in [-0.3, -0.25) is 4.90 Å². The van der Waals surface area contributed by atoms with Crippen molar-refractivity contribution in [1.82, 2.24) is 20.2 Å². The third kappa shape index (κ3) is 5.42. The fourth-order valence-corrected chi connectivity index (χ4v) is 7.21. The van der Waals surface area contributed by atoms with E-state index in [1.165, 1.54) is 24.3 Å². The summed E-state index contributed by atoms with van der Waals surface area (Å²) < 4.78 is 52.4. The van der Waals surface area contributed by atoms with Gasteiger partial charge in [-0.15, -0.1) is 6.42 Å². The Balaban J connectivity index is 1.38. The molecule has 1 aromatic heterocycles. The highest BCUT2D eigenvalue weighted by Crippen LogP contribution is 2.42. The molecule has 3 aliphatic rings. The maximum atomic E-state index is 16.8. The minimum Gasteiger partial charge on any atom is -0.508 e. The first-order valence-electron chi connectivity index (χ1n) is 15.6. The van der Waals surface area contributed by atoms with Gasteiger partial charge in [-0.1, -0.05) is 18.1 Å². The highest BCUT2D eigenvalue weighted by atomic mass is 19.1. The SMILES string of the molecule is C#Cc1c(F)ccc2cc(O)cc(-c3ccc4c(N(CCNC)CC5CC5)nc(OC[C@@]56CCCN5C[C@H](F)C6)nc4c3F)c12. The summed E-state index contributed by atoms with van der Waals surface area (Å²) in [5.41, 5.74) is -0.0239. The van der Waals surface area contributed by atoms with Gasteiger partial charge < -0.3 is 20.1 Å². The number of benzene rings is 3. The zero-order valence-electron chi connectivity index (χ0n) is 25.3. The average Bonchev–Trinajstić information content (AvgIpc) is 3.68. The number of hydrogen-bond acceptors (Lipinski definition) is 7. The first kappa shape index (κ1) is 29.6. The van der Waals surface area contributed by atoms with Gasteiger partial charge in [0, 0.05) is 48.9 Å². The van der Waals surface area contributed by atoms with Gasteiger partial charge in [-0.2, -0.15) is 9.97 Å². The number of nitrogens with one attached hydrogen (secondary N) is 1. The van der Waals surface area contributed by atoms with Crippen LogP contribution >= 0.6 is 0 Å². The van der Waals surface area contributed by atoms with E-state index in [1.54, 1.807) is 12.1 Å². The molecule has 4 aromatic rings. The molecule has 0 spiro atoms. The molecule has 2 saturated heterocycles. The van der Waals surface area contributed by atoms with Gasteiger partial charge in [0.15, 0.2) is 5.82 Å². The molecule has 0 amide bonds. The molecule has 45 heavy (non-hydrogen) atoms. The molecule has 0 unspecified atom stereocenters. The molecule has 7 rings (SSSR count). The standard InChI is InChI=1S/C35H36F3N5O2/c1-3-25-29(37)10-7-22-15-24(44)16-28(30(22)25)26-8-9-27-32(31(26)38)40-34(41-33(27)42(14-12-39-2)18-21-5-6-21)45-20-35-11-4-13-43(35)19-23(36)17-35/h1,7-10,15-16,21,23,39,44H,4-6,11-14,17-20H2,2H3/t23-,35+/m1/s1. The van der Waals surface area contributed by atoms with E-state index in [9.17, 15) is 13.9 Å². The van der Waals surface area contributed by atoms with E-state index in [0.29, 0.717) is 53.9 Å². The van der Waals surface area contributed by atoms with E-state index < -0.39 is 23.3 Å². The normalized spacial score (nSPS) is 21.4. The van der Waals surface area contributed by atoms with Crippen LogP contribution < -0.4 is 15.0 Å². The number of nitrogens with zero attached hydrogens (tertiary/aromatic N) is 4. The highest BCUT2D eigenvalue weighted by molar-refractivity contribution is 6.04. The van der Waals surface area contributed by atoms with E-state index >= 15 is 4.39 Å². The summed E-state index contributed by atoms with van der Waals surface area (Å²) in [5.74, 6) is 2.11. The van der Waals surface area contributed by atoms with Gasteiger partial charge >= 0.3 is 6.01 Å². The molecule has 3 aromatic carbocycles.